The third-order valence-electron chi connectivity index (χ3n) is 3.75. The number of carbonyl (C=O) groups is 1. The molecule has 2 heterocycles. The molecule has 2 rings (SSSR count). The number of anilines is 1. The van der Waals surface area contributed by atoms with E-state index in [1.807, 2.05) is 26.1 Å². The van der Waals surface area contributed by atoms with Crippen molar-refractivity contribution in [3.05, 3.63) is 23.9 Å². The topological polar surface area (TPSA) is 57.3 Å². The van der Waals surface area contributed by atoms with Crippen LogP contribution < -0.4 is 15.5 Å². The van der Waals surface area contributed by atoms with Crippen molar-refractivity contribution in [2.45, 2.75) is 32.2 Å². The number of aromatic nitrogens is 1. The van der Waals surface area contributed by atoms with E-state index in [4.69, 9.17) is 0 Å². The molecule has 0 aromatic carbocycles. The normalized spacial score (nSPS) is 15.3. The molecule has 1 aromatic heterocycles. The van der Waals surface area contributed by atoms with Crippen LogP contribution in [0.2, 0.25) is 0 Å². The second-order valence-electron chi connectivity index (χ2n) is 5.32. The van der Waals surface area contributed by atoms with Crippen LogP contribution in [0.25, 0.3) is 0 Å². The fraction of sp³-hybridized carbons (Fsp3) is 0.600. The van der Waals surface area contributed by atoms with Gasteiger partial charge in [-0.15, -0.1) is 24.8 Å². The number of nitrogens with zero attached hydrogens (tertiary/aromatic N) is 2. The molecule has 1 fully saturated rings. The van der Waals surface area contributed by atoms with E-state index >= 15 is 0 Å². The molecular formula is C15H26Cl2N4O. The second kappa shape index (κ2) is 10.6. The molecule has 1 amide bonds. The molecule has 1 aliphatic rings. The van der Waals surface area contributed by atoms with Crippen LogP contribution in [-0.4, -0.2) is 43.6 Å². The lowest BCUT2D eigenvalue weighted by atomic mass is 10.1. The van der Waals surface area contributed by atoms with Crippen LogP contribution in [0.5, 0.6) is 0 Å². The highest BCUT2D eigenvalue weighted by atomic mass is 35.5. The summed E-state index contributed by atoms with van der Waals surface area (Å²) in [5.74, 6) is 0.780. The summed E-state index contributed by atoms with van der Waals surface area (Å²) in [6, 6.07) is 3.94. The standard InChI is InChI=1S/C15H24N4O.2ClH/c1-12(16-2)11-18-15(20)13-7-6-8-17-14(13)19-9-4-3-5-10-19;;/h6-8,12,16H,3-5,9-11H2,1-2H3,(H,18,20);2*1H. The van der Waals surface area contributed by atoms with Gasteiger partial charge in [0, 0.05) is 31.9 Å². The van der Waals surface area contributed by atoms with E-state index in [-0.39, 0.29) is 36.8 Å². The van der Waals surface area contributed by atoms with Crippen molar-refractivity contribution >= 4 is 36.5 Å². The number of amides is 1. The molecule has 1 aliphatic heterocycles. The van der Waals surface area contributed by atoms with Gasteiger partial charge in [0.2, 0.25) is 0 Å². The highest BCUT2D eigenvalue weighted by Gasteiger charge is 2.19. The molecule has 2 N–H and O–H groups in total. The summed E-state index contributed by atoms with van der Waals surface area (Å²) in [6.45, 7) is 4.63. The van der Waals surface area contributed by atoms with Gasteiger partial charge in [-0.05, 0) is 45.4 Å². The molecule has 7 heteroatoms. The Hall–Kier alpha value is -1.04. The van der Waals surface area contributed by atoms with Crippen molar-refractivity contribution in [3.63, 3.8) is 0 Å². The van der Waals surface area contributed by atoms with Gasteiger partial charge in [-0.25, -0.2) is 4.98 Å². The second-order valence-corrected chi connectivity index (χ2v) is 5.32. The molecule has 0 spiro atoms. The van der Waals surface area contributed by atoms with Gasteiger partial charge in [0.05, 0.1) is 5.56 Å². The number of nitrogens with one attached hydrogen (secondary N) is 2. The van der Waals surface area contributed by atoms with Gasteiger partial charge in [0.15, 0.2) is 0 Å². The monoisotopic (exact) mass is 348 g/mol. The van der Waals surface area contributed by atoms with Crippen LogP contribution >= 0.6 is 24.8 Å². The molecule has 5 nitrogen and oxygen atoms in total. The summed E-state index contributed by atoms with van der Waals surface area (Å²) >= 11 is 0. The van der Waals surface area contributed by atoms with E-state index in [0.717, 1.165) is 18.9 Å². The van der Waals surface area contributed by atoms with Crippen molar-refractivity contribution in [1.82, 2.24) is 15.6 Å². The van der Waals surface area contributed by atoms with Crippen molar-refractivity contribution in [2.75, 3.05) is 31.6 Å². The Kier molecular flexibility index (Phi) is 10.1. The summed E-state index contributed by atoms with van der Waals surface area (Å²) in [7, 11) is 1.89. The zero-order chi connectivity index (χ0) is 14.4. The Morgan fingerprint density at radius 2 is 2.00 bits per heavy atom. The first kappa shape index (κ1) is 21.0. The van der Waals surface area contributed by atoms with Crippen molar-refractivity contribution < 1.29 is 4.79 Å². The van der Waals surface area contributed by atoms with Gasteiger partial charge >= 0.3 is 0 Å². The van der Waals surface area contributed by atoms with Gasteiger partial charge in [-0.2, -0.15) is 0 Å². The van der Waals surface area contributed by atoms with E-state index in [9.17, 15) is 4.79 Å². The SMILES string of the molecule is CNC(C)CNC(=O)c1cccnc1N1CCCCC1.Cl.Cl. The smallest absolute Gasteiger partial charge is 0.255 e. The molecule has 1 saturated heterocycles. The minimum Gasteiger partial charge on any atom is -0.356 e. The van der Waals surface area contributed by atoms with Crippen LogP contribution in [0.1, 0.15) is 36.5 Å². The lowest BCUT2D eigenvalue weighted by Gasteiger charge is -2.29. The lowest BCUT2D eigenvalue weighted by Crippen LogP contribution is -2.38. The summed E-state index contributed by atoms with van der Waals surface area (Å²) in [5.41, 5.74) is 0.678. The maximum absolute atomic E-state index is 12.3. The summed E-state index contributed by atoms with van der Waals surface area (Å²) < 4.78 is 0. The number of piperidine rings is 1. The van der Waals surface area contributed by atoms with Crippen LogP contribution in [0.4, 0.5) is 5.82 Å². The van der Waals surface area contributed by atoms with Crippen LogP contribution in [-0.2, 0) is 0 Å². The maximum atomic E-state index is 12.3. The molecule has 22 heavy (non-hydrogen) atoms. The Bertz CT molecular complexity index is 453. The fourth-order valence-corrected chi connectivity index (χ4v) is 2.37. The van der Waals surface area contributed by atoms with Gasteiger partial charge in [0.25, 0.3) is 5.91 Å². The van der Waals surface area contributed by atoms with Crippen LogP contribution in [0.3, 0.4) is 0 Å². The molecular weight excluding hydrogens is 323 g/mol. The summed E-state index contributed by atoms with van der Waals surface area (Å²) in [6.07, 6.45) is 5.38. The molecule has 1 unspecified atom stereocenters. The highest BCUT2D eigenvalue weighted by molar-refractivity contribution is 5.98. The quantitative estimate of drug-likeness (QED) is 0.856. The molecule has 0 aliphatic carbocycles. The predicted molar refractivity (Wildman–Crippen MR) is 95.7 cm³/mol. The number of likely N-dealkylation sites (N-methyl/N-ethyl adjacent to an activating group) is 1. The number of halogens is 2. The van der Waals surface area contributed by atoms with Gasteiger partial charge in [-0.1, -0.05) is 0 Å². The Labute approximate surface area is 145 Å². The minimum absolute atomic E-state index is 0. The zero-order valence-electron chi connectivity index (χ0n) is 13.2. The maximum Gasteiger partial charge on any atom is 0.255 e. The Balaban J connectivity index is 0.00000220. The third kappa shape index (κ3) is 5.63. The van der Waals surface area contributed by atoms with Crippen LogP contribution in [0.15, 0.2) is 18.3 Å². The van der Waals surface area contributed by atoms with E-state index in [0.29, 0.717) is 12.1 Å². The molecule has 1 atom stereocenters. The Morgan fingerprint density at radius 3 is 2.64 bits per heavy atom. The summed E-state index contributed by atoms with van der Waals surface area (Å²) in [5, 5.41) is 6.07. The Morgan fingerprint density at radius 1 is 1.32 bits per heavy atom. The zero-order valence-corrected chi connectivity index (χ0v) is 14.8. The van der Waals surface area contributed by atoms with Gasteiger partial charge in [-0.3, -0.25) is 4.79 Å². The number of carbonyl (C=O) groups excluding carboxylic acids is 1. The minimum atomic E-state index is -0.0410. The van der Waals surface area contributed by atoms with E-state index < -0.39 is 0 Å². The molecule has 1 aromatic rings. The molecule has 126 valence electrons. The van der Waals surface area contributed by atoms with E-state index in [1.54, 1.807) is 6.20 Å². The summed E-state index contributed by atoms with van der Waals surface area (Å²) in [4.78, 5) is 19.0. The lowest BCUT2D eigenvalue weighted by molar-refractivity contribution is 0.0950. The fourth-order valence-electron chi connectivity index (χ4n) is 2.37. The molecule has 0 bridgehead atoms. The first-order chi connectivity index (χ1) is 9.72. The predicted octanol–water partition coefficient (Wildman–Crippen LogP) is 2.25. The molecule has 0 radical (unpaired) electrons. The van der Waals surface area contributed by atoms with Gasteiger partial charge in [0.1, 0.15) is 5.82 Å². The largest absolute Gasteiger partial charge is 0.356 e. The number of hydrogen-bond acceptors (Lipinski definition) is 4. The highest BCUT2D eigenvalue weighted by Crippen LogP contribution is 2.21. The molecule has 0 saturated carbocycles. The average molecular weight is 349 g/mol. The number of hydrogen-bond donors (Lipinski definition) is 2. The van der Waals surface area contributed by atoms with Gasteiger partial charge < -0.3 is 15.5 Å². The van der Waals surface area contributed by atoms with Crippen molar-refractivity contribution in [2.24, 2.45) is 0 Å². The van der Waals surface area contributed by atoms with E-state index in [2.05, 4.69) is 20.5 Å². The first-order valence-corrected chi connectivity index (χ1v) is 7.38. The number of rotatable bonds is 5. The van der Waals surface area contributed by atoms with E-state index in [1.165, 1.54) is 19.3 Å². The third-order valence-corrected chi connectivity index (χ3v) is 3.75. The van der Waals surface area contributed by atoms with Crippen molar-refractivity contribution in [1.29, 1.82) is 0 Å². The van der Waals surface area contributed by atoms with Crippen molar-refractivity contribution in [3.8, 4) is 0 Å². The van der Waals surface area contributed by atoms with Crippen LogP contribution in [0, 0.1) is 0 Å². The number of pyridine rings is 1. The first-order valence-electron chi connectivity index (χ1n) is 7.38. The average Bonchev–Trinajstić information content (AvgIpc) is 2.53.